The van der Waals surface area contributed by atoms with Crippen LogP contribution in [-0.4, -0.2) is 42.5 Å². The molecule has 3 aliphatic heterocycles. The van der Waals surface area contributed by atoms with Crippen LogP contribution in [0.5, 0.6) is 11.5 Å². The number of benzene rings is 2. The second kappa shape index (κ2) is 11.0. The quantitative estimate of drug-likeness (QED) is 0.403. The van der Waals surface area contributed by atoms with Crippen LogP contribution in [0.2, 0.25) is 0 Å². The molecule has 1 amide bonds. The van der Waals surface area contributed by atoms with Gasteiger partial charge in [-0.05, 0) is 72.2 Å². The molecule has 1 aromatic heterocycles. The molecule has 42 heavy (non-hydrogen) atoms. The number of carbonyl (C=O) groups excluding carboxylic acids is 1. The minimum atomic E-state index is -0.431. The fraction of sp³-hybridized carbons (Fsp3) is 0.438. The summed E-state index contributed by atoms with van der Waals surface area (Å²) in [5, 5.41) is 24.6. The minimum Gasteiger partial charge on any atom is -0.733 e. The van der Waals surface area contributed by atoms with Crippen LogP contribution in [0.25, 0.3) is 0 Å². The lowest BCUT2D eigenvalue weighted by Crippen LogP contribution is -2.61. The van der Waals surface area contributed by atoms with Gasteiger partial charge in [-0.3, -0.25) is 14.8 Å². The Balaban J connectivity index is 1.38. The molecule has 5 atom stereocenters. The van der Waals surface area contributed by atoms with Crippen LogP contribution >= 0.6 is 0 Å². The number of aromatic nitrogens is 1. The van der Waals surface area contributed by atoms with Gasteiger partial charge >= 0.3 is 0 Å². The van der Waals surface area contributed by atoms with Crippen molar-refractivity contribution in [2.75, 3.05) is 30.9 Å². The van der Waals surface area contributed by atoms with Crippen molar-refractivity contribution in [2.24, 2.45) is 17.8 Å². The smallest absolute Gasteiger partial charge is 0.250 e. The van der Waals surface area contributed by atoms with Crippen molar-refractivity contribution in [1.29, 1.82) is 0 Å². The third-order valence-corrected chi connectivity index (χ3v) is 9.28. The van der Waals surface area contributed by atoms with Gasteiger partial charge in [0.05, 0.1) is 31.9 Å². The molecule has 2 aromatic carbocycles. The zero-order valence-corrected chi connectivity index (χ0v) is 24.3. The second-order valence-electron chi connectivity index (χ2n) is 12.0. The third-order valence-electron chi connectivity index (χ3n) is 9.28. The monoisotopic (exact) mass is 573 g/mol. The molecule has 3 aliphatic rings. The molecule has 6 rings (SSSR count). The van der Waals surface area contributed by atoms with Crippen molar-refractivity contribution in [3.05, 3.63) is 87.0 Å². The summed E-state index contributed by atoms with van der Waals surface area (Å²) >= 11 is 0. The van der Waals surface area contributed by atoms with Gasteiger partial charge in [0, 0.05) is 42.5 Å². The van der Waals surface area contributed by atoms with E-state index in [1.54, 1.807) is 32.4 Å². The number of hydrogen-bond acceptors (Lipinski definition) is 8. The van der Waals surface area contributed by atoms with Gasteiger partial charge in [0.25, 0.3) is 5.56 Å². The average molecular weight is 574 g/mol. The Morgan fingerprint density at radius 3 is 2.57 bits per heavy atom. The number of nitrogens with zero attached hydrogens (tertiary/aromatic N) is 3. The zero-order chi connectivity index (χ0) is 29.7. The van der Waals surface area contributed by atoms with Crippen LogP contribution in [0.4, 0.5) is 11.4 Å². The molecule has 0 aliphatic carbocycles. The lowest BCUT2D eigenvalue weighted by atomic mass is 9.70. The number of ether oxygens (including phenoxy) is 2. The highest BCUT2D eigenvalue weighted by Gasteiger charge is 2.49. The number of nitrogens with one attached hydrogen (secondary N) is 1. The number of carbonyl (C=O) groups is 1. The molecule has 10 heteroatoms. The van der Waals surface area contributed by atoms with Crippen molar-refractivity contribution < 1.29 is 19.5 Å². The summed E-state index contributed by atoms with van der Waals surface area (Å²) in [6, 6.07) is 15.9. The Labute approximate surface area is 245 Å². The Kier molecular flexibility index (Phi) is 7.36. The summed E-state index contributed by atoms with van der Waals surface area (Å²) in [6.07, 6.45) is 1.31. The molecule has 2 N–H and O–H groups in total. The first kappa shape index (κ1) is 28.1. The summed E-state index contributed by atoms with van der Waals surface area (Å²) in [4.78, 5) is 29.5. The van der Waals surface area contributed by atoms with Crippen LogP contribution in [0.15, 0.2) is 59.4 Å². The summed E-state index contributed by atoms with van der Waals surface area (Å²) in [7, 11) is 3.18. The lowest BCUT2D eigenvalue weighted by molar-refractivity contribution is -0.127. The van der Waals surface area contributed by atoms with Crippen LogP contribution in [0.3, 0.4) is 0 Å². The van der Waals surface area contributed by atoms with E-state index >= 15 is 0 Å². The molecule has 222 valence electrons. The summed E-state index contributed by atoms with van der Waals surface area (Å²) in [6.45, 7) is 5.34. The Hall–Kier alpha value is -4.02. The van der Waals surface area contributed by atoms with E-state index in [9.17, 15) is 20.0 Å². The van der Waals surface area contributed by atoms with Gasteiger partial charge in [0.2, 0.25) is 5.91 Å². The maximum atomic E-state index is 14.3. The predicted molar refractivity (Wildman–Crippen MR) is 159 cm³/mol. The molecule has 3 aromatic rings. The first-order valence-electron chi connectivity index (χ1n) is 14.5. The average Bonchev–Trinajstić information content (AvgIpc) is 2.99. The van der Waals surface area contributed by atoms with E-state index in [1.165, 1.54) is 0 Å². The van der Waals surface area contributed by atoms with E-state index in [0.717, 1.165) is 28.9 Å². The first-order valence-corrected chi connectivity index (χ1v) is 14.5. The van der Waals surface area contributed by atoms with E-state index in [2.05, 4.69) is 24.1 Å². The van der Waals surface area contributed by atoms with Gasteiger partial charge in [-0.1, -0.05) is 26.0 Å². The van der Waals surface area contributed by atoms with Gasteiger partial charge in [-0.2, -0.15) is 0 Å². The fourth-order valence-electron chi connectivity index (χ4n) is 7.40. The molecule has 1 fully saturated rings. The molecule has 3 unspecified atom stereocenters. The van der Waals surface area contributed by atoms with Crippen molar-refractivity contribution in [3.8, 4) is 11.5 Å². The standard InChI is InChI=1S/C32H37N4O6/c1-18(2)30(19-8-11-27(41-3)28(15-19)42-4)33-32(38)24-14-20-13-23(36(39)40)9-10-26(20)35-16-21-12-22(31(24)35)17-34-25(21)6-5-7-29(34)37/h5-11,13,15,18,21-22,24,30-31,39H,12,14,16-17H2,1-4H3,(H,33,38)/q-1/t21?,22?,24-,30?,31+/m1/s1. The van der Waals surface area contributed by atoms with Gasteiger partial charge in [-0.25, -0.2) is 0 Å². The van der Waals surface area contributed by atoms with Crippen LogP contribution < -0.4 is 30.5 Å². The molecule has 4 heterocycles. The van der Waals surface area contributed by atoms with Gasteiger partial charge in [0.1, 0.15) is 0 Å². The fourth-order valence-corrected chi connectivity index (χ4v) is 7.40. The highest BCUT2D eigenvalue weighted by atomic mass is 16.8. The van der Waals surface area contributed by atoms with Crippen LogP contribution in [0, 0.1) is 23.0 Å². The van der Waals surface area contributed by atoms with Crippen LogP contribution in [-0.2, 0) is 17.8 Å². The van der Waals surface area contributed by atoms with Crippen LogP contribution in [0.1, 0.15) is 49.0 Å². The first-order chi connectivity index (χ1) is 20.2. The van der Waals surface area contributed by atoms with E-state index in [4.69, 9.17) is 9.47 Å². The number of piperidine rings is 1. The normalized spacial score (nSPS) is 22.9. The molecule has 10 nitrogen and oxygen atoms in total. The number of fused-ring (bicyclic) bond motifs is 8. The molecule has 1 saturated heterocycles. The predicted octanol–water partition coefficient (Wildman–Crippen LogP) is 4.24. The van der Waals surface area contributed by atoms with Crippen molar-refractivity contribution in [1.82, 2.24) is 9.88 Å². The van der Waals surface area contributed by atoms with Crippen molar-refractivity contribution in [3.63, 3.8) is 0 Å². The molecule has 2 bridgehead atoms. The number of anilines is 2. The van der Waals surface area contributed by atoms with Gasteiger partial charge in [0.15, 0.2) is 11.5 Å². The Morgan fingerprint density at radius 1 is 1.07 bits per heavy atom. The summed E-state index contributed by atoms with van der Waals surface area (Å²) in [5.41, 5.74) is 3.87. The lowest BCUT2D eigenvalue weighted by Gasteiger charge is -2.54. The number of amides is 1. The zero-order valence-electron chi connectivity index (χ0n) is 24.3. The molecular weight excluding hydrogens is 536 g/mol. The highest BCUT2D eigenvalue weighted by molar-refractivity contribution is 5.83. The maximum Gasteiger partial charge on any atom is 0.250 e. The SMILES string of the molecule is COc1ccc(C(NC(=O)[C@@H]2Cc3cc(N([O-])O)ccc3N3CC4CC(Cn5c4cccc5=O)[C@@H]23)C(C)C)cc1OC. The number of methoxy groups -OCH3 is 2. The van der Waals surface area contributed by atoms with E-state index < -0.39 is 5.92 Å². The second-order valence-corrected chi connectivity index (χ2v) is 12.0. The van der Waals surface area contributed by atoms with Crippen molar-refractivity contribution >= 4 is 17.3 Å². The topological polar surface area (TPSA) is 119 Å². The van der Waals surface area contributed by atoms with Gasteiger partial charge in [-0.15, -0.1) is 0 Å². The number of pyridine rings is 1. The minimum absolute atomic E-state index is 0.00990. The van der Waals surface area contributed by atoms with E-state index in [0.29, 0.717) is 31.0 Å². The van der Waals surface area contributed by atoms with Gasteiger partial charge < -0.3 is 34.7 Å². The molecule has 0 radical (unpaired) electrons. The Bertz CT molecular complexity index is 1550. The van der Waals surface area contributed by atoms with E-state index in [-0.39, 0.29) is 52.2 Å². The maximum absolute atomic E-state index is 14.3. The number of hydrogen-bond donors (Lipinski definition) is 2. The largest absolute Gasteiger partial charge is 0.733 e. The number of rotatable bonds is 7. The summed E-state index contributed by atoms with van der Waals surface area (Å²) in [5.74, 6) is 1.02. The molecular formula is C32H37N4O6-. The van der Waals surface area contributed by atoms with Crippen molar-refractivity contribution in [2.45, 2.75) is 51.2 Å². The summed E-state index contributed by atoms with van der Waals surface area (Å²) < 4.78 is 12.8. The highest BCUT2D eigenvalue weighted by Crippen LogP contribution is 2.48. The Morgan fingerprint density at radius 2 is 1.86 bits per heavy atom. The third kappa shape index (κ3) is 4.78. The van der Waals surface area contributed by atoms with E-state index in [1.807, 2.05) is 41.0 Å². The molecule has 0 saturated carbocycles. The molecule has 0 spiro atoms.